The van der Waals surface area contributed by atoms with Gasteiger partial charge in [-0.2, -0.15) is 0 Å². The summed E-state index contributed by atoms with van der Waals surface area (Å²) >= 11 is 5.88. The lowest BCUT2D eigenvalue weighted by atomic mass is 10.0. The van der Waals surface area contributed by atoms with Gasteiger partial charge >= 0.3 is 0 Å². The smallest absolute Gasteiger partial charge is 0.233 e. The van der Waals surface area contributed by atoms with Crippen molar-refractivity contribution in [1.82, 2.24) is 15.6 Å². The van der Waals surface area contributed by atoms with Crippen molar-refractivity contribution in [3.05, 3.63) is 101 Å². The summed E-state index contributed by atoms with van der Waals surface area (Å²) in [4.78, 5) is 16.7. The first-order valence-corrected chi connectivity index (χ1v) is 9.30. The molecule has 0 aliphatic rings. The number of hydrogen-bond donors (Lipinski definition) is 2. The van der Waals surface area contributed by atoms with E-state index in [1.165, 1.54) is 0 Å². The largest absolute Gasteiger partial charge is 0.355 e. The molecule has 0 saturated carbocycles. The molecule has 0 saturated heterocycles. The second kappa shape index (κ2) is 9.86. The topological polar surface area (TPSA) is 54.0 Å². The predicted octanol–water partition coefficient (Wildman–Crippen LogP) is 3.77. The number of aromatic nitrogens is 1. The highest BCUT2D eigenvalue weighted by Crippen LogP contribution is 2.19. The van der Waals surface area contributed by atoms with Crippen LogP contribution in [0.2, 0.25) is 5.02 Å². The zero-order chi connectivity index (χ0) is 18.9. The van der Waals surface area contributed by atoms with Crippen molar-refractivity contribution in [3.63, 3.8) is 0 Å². The Labute approximate surface area is 164 Å². The zero-order valence-electron chi connectivity index (χ0n) is 14.9. The fourth-order valence-electron chi connectivity index (χ4n) is 2.84. The van der Waals surface area contributed by atoms with Gasteiger partial charge in [-0.3, -0.25) is 15.1 Å². The average molecular weight is 380 g/mol. The summed E-state index contributed by atoms with van der Waals surface area (Å²) in [5.41, 5.74) is 3.10. The Hall–Kier alpha value is -2.69. The van der Waals surface area contributed by atoms with Crippen LogP contribution < -0.4 is 10.6 Å². The summed E-state index contributed by atoms with van der Waals surface area (Å²) in [6, 6.07) is 23.3. The molecule has 0 bridgehead atoms. The van der Waals surface area contributed by atoms with Gasteiger partial charge in [-0.25, -0.2) is 0 Å². The molecule has 0 aliphatic carbocycles. The van der Waals surface area contributed by atoms with E-state index in [1.54, 1.807) is 6.20 Å². The van der Waals surface area contributed by atoms with Crippen LogP contribution in [-0.4, -0.2) is 24.0 Å². The molecule has 1 unspecified atom stereocenters. The van der Waals surface area contributed by atoms with Gasteiger partial charge in [0.15, 0.2) is 0 Å². The summed E-state index contributed by atoms with van der Waals surface area (Å²) in [5.74, 6) is -0.0409. The van der Waals surface area contributed by atoms with E-state index in [-0.39, 0.29) is 18.5 Å². The van der Waals surface area contributed by atoms with Gasteiger partial charge in [-0.1, -0.05) is 60.1 Å². The molecule has 27 heavy (non-hydrogen) atoms. The molecule has 1 aromatic heterocycles. The average Bonchev–Trinajstić information content (AvgIpc) is 2.71. The van der Waals surface area contributed by atoms with Crippen LogP contribution in [0.25, 0.3) is 0 Å². The van der Waals surface area contributed by atoms with Crippen molar-refractivity contribution in [2.75, 3.05) is 13.1 Å². The molecule has 0 radical (unpaired) electrons. The molecule has 0 aliphatic heterocycles. The minimum atomic E-state index is -0.130. The number of amides is 1. The number of carbonyl (C=O) groups is 1. The van der Waals surface area contributed by atoms with Crippen LogP contribution in [0.3, 0.4) is 0 Å². The third-order valence-electron chi connectivity index (χ3n) is 4.23. The summed E-state index contributed by atoms with van der Waals surface area (Å²) in [5, 5.41) is 6.98. The van der Waals surface area contributed by atoms with Crippen molar-refractivity contribution in [2.24, 2.45) is 0 Å². The van der Waals surface area contributed by atoms with E-state index in [1.807, 2.05) is 72.8 Å². The van der Waals surface area contributed by atoms with Crippen molar-refractivity contribution in [1.29, 1.82) is 0 Å². The molecule has 2 aromatic carbocycles. The third-order valence-corrected chi connectivity index (χ3v) is 4.48. The monoisotopic (exact) mass is 379 g/mol. The summed E-state index contributed by atoms with van der Waals surface area (Å²) in [6.07, 6.45) is 2.53. The van der Waals surface area contributed by atoms with Crippen molar-refractivity contribution in [3.8, 4) is 0 Å². The number of benzene rings is 2. The molecule has 2 N–H and O–H groups in total. The fourth-order valence-corrected chi connectivity index (χ4v) is 2.97. The van der Waals surface area contributed by atoms with Crippen LogP contribution >= 0.6 is 11.6 Å². The molecule has 1 heterocycles. The number of halogens is 1. The molecular weight excluding hydrogens is 358 g/mol. The second-order valence-electron chi connectivity index (χ2n) is 6.21. The molecule has 0 spiro atoms. The lowest BCUT2D eigenvalue weighted by Gasteiger charge is -2.18. The van der Waals surface area contributed by atoms with E-state index in [0.717, 1.165) is 23.2 Å². The third kappa shape index (κ3) is 5.91. The number of nitrogens with zero attached hydrogens (tertiary/aromatic N) is 1. The number of hydrogen-bond acceptors (Lipinski definition) is 3. The molecule has 3 aromatic rings. The highest BCUT2D eigenvalue weighted by molar-refractivity contribution is 6.30. The summed E-state index contributed by atoms with van der Waals surface area (Å²) in [7, 11) is 0. The van der Waals surface area contributed by atoms with Crippen LogP contribution in [0.4, 0.5) is 0 Å². The first-order valence-electron chi connectivity index (χ1n) is 8.93. The molecule has 3 rings (SSSR count). The van der Waals surface area contributed by atoms with Crippen LogP contribution in [0, 0.1) is 0 Å². The minimum absolute atomic E-state index is 0.0409. The minimum Gasteiger partial charge on any atom is -0.355 e. The molecule has 0 fully saturated rings. The van der Waals surface area contributed by atoms with E-state index < -0.39 is 0 Å². The van der Waals surface area contributed by atoms with Crippen LogP contribution in [0.15, 0.2) is 79.0 Å². The molecule has 138 valence electrons. The van der Waals surface area contributed by atoms with E-state index in [9.17, 15) is 4.79 Å². The van der Waals surface area contributed by atoms with Gasteiger partial charge in [0.25, 0.3) is 0 Å². The van der Waals surface area contributed by atoms with Gasteiger partial charge in [0.2, 0.25) is 5.91 Å². The maximum Gasteiger partial charge on any atom is 0.233 e. The standard InChI is InChI=1S/C22H22ClN3O/c23-19-11-9-17(10-12-19)13-15-25-21(27)16-26-22(18-6-2-1-3-7-18)20-8-4-5-14-24-20/h1-12,14,22,26H,13,15-16H2,(H,25,27). The van der Waals surface area contributed by atoms with Gasteiger partial charge in [-0.15, -0.1) is 0 Å². The summed E-state index contributed by atoms with van der Waals surface area (Å²) < 4.78 is 0. The Bertz CT molecular complexity index is 799. The first-order chi connectivity index (χ1) is 13.2. The first kappa shape index (κ1) is 19.1. The van der Waals surface area contributed by atoms with Crippen molar-refractivity contribution < 1.29 is 4.79 Å². The molecule has 4 nitrogen and oxygen atoms in total. The van der Waals surface area contributed by atoms with Gasteiger partial charge in [0, 0.05) is 17.8 Å². The zero-order valence-corrected chi connectivity index (χ0v) is 15.7. The Kier molecular flexibility index (Phi) is 6.97. The van der Waals surface area contributed by atoms with Crippen LogP contribution in [0.5, 0.6) is 0 Å². The molecule has 1 atom stereocenters. The lowest BCUT2D eigenvalue weighted by Crippen LogP contribution is -2.37. The molecular formula is C22H22ClN3O. The SMILES string of the molecule is O=C(CNC(c1ccccc1)c1ccccn1)NCCc1ccc(Cl)cc1. The van der Waals surface area contributed by atoms with Crippen molar-refractivity contribution in [2.45, 2.75) is 12.5 Å². The van der Waals surface area contributed by atoms with Gasteiger partial charge in [-0.05, 0) is 41.8 Å². The maximum absolute atomic E-state index is 12.2. The molecule has 5 heteroatoms. The Balaban J connectivity index is 1.54. The molecule has 1 amide bonds. The van der Waals surface area contributed by atoms with Crippen LogP contribution in [0.1, 0.15) is 22.9 Å². The predicted molar refractivity (Wildman–Crippen MR) is 109 cm³/mol. The highest BCUT2D eigenvalue weighted by Gasteiger charge is 2.15. The number of carbonyl (C=O) groups excluding carboxylic acids is 1. The van der Waals surface area contributed by atoms with E-state index in [0.29, 0.717) is 11.6 Å². The normalized spacial score (nSPS) is 11.7. The van der Waals surface area contributed by atoms with Gasteiger partial charge in [0.05, 0.1) is 18.3 Å². The van der Waals surface area contributed by atoms with E-state index >= 15 is 0 Å². The van der Waals surface area contributed by atoms with Crippen molar-refractivity contribution >= 4 is 17.5 Å². The quantitative estimate of drug-likeness (QED) is 0.626. The second-order valence-corrected chi connectivity index (χ2v) is 6.64. The number of rotatable bonds is 8. The summed E-state index contributed by atoms with van der Waals surface area (Å²) in [6.45, 7) is 0.804. The lowest BCUT2D eigenvalue weighted by molar-refractivity contribution is -0.120. The fraction of sp³-hybridized carbons (Fsp3) is 0.182. The Morgan fingerprint density at radius 1 is 0.963 bits per heavy atom. The van der Waals surface area contributed by atoms with E-state index in [4.69, 9.17) is 11.6 Å². The maximum atomic E-state index is 12.2. The number of nitrogens with one attached hydrogen (secondary N) is 2. The Morgan fingerprint density at radius 3 is 2.41 bits per heavy atom. The number of pyridine rings is 1. The van der Waals surface area contributed by atoms with E-state index in [2.05, 4.69) is 15.6 Å². The van der Waals surface area contributed by atoms with Gasteiger partial charge < -0.3 is 5.32 Å². The van der Waals surface area contributed by atoms with Gasteiger partial charge in [0.1, 0.15) is 0 Å². The Morgan fingerprint density at radius 2 is 1.70 bits per heavy atom. The highest BCUT2D eigenvalue weighted by atomic mass is 35.5. The van der Waals surface area contributed by atoms with Crippen LogP contribution in [-0.2, 0) is 11.2 Å².